The molecule has 0 radical (unpaired) electrons. The van der Waals surface area contributed by atoms with Crippen LogP contribution in [0, 0.1) is 11.8 Å². The number of aromatic nitrogens is 1. The van der Waals surface area contributed by atoms with Crippen molar-refractivity contribution < 1.29 is 14.3 Å². The van der Waals surface area contributed by atoms with E-state index in [1.54, 1.807) is 6.07 Å². The topological polar surface area (TPSA) is 86.5 Å². The summed E-state index contributed by atoms with van der Waals surface area (Å²) >= 11 is 0. The Morgan fingerprint density at radius 1 is 1.13 bits per heavy atom. The number of nitrogens with one attached hydrogen (secondary N) is 1. The van der Waals surface area contributed by atoms with E-state index in [4.69, 9.17) is 15.2 Å². The molecule has 6 nitrogen and oxygen atoms in total. The molecule has 3 N–H and O–H groups in total. The highest BCUT2D eigenvalue weighted by molar-refractivity contribution is 5.79. The molecule has 31 heavy (non-hydrogen) atoms. The zero-order chi connectivity index (χ0) is 21.6. The Kier molecular flexibility index (Phi) is 6.04. The maximum absolute atomic E-state index is 12.2. The summed E-state index contributed by atoms with van der Waals surface area (Å²) in [4.78, 5) is 16.3. The lowest BCUT2D eigenvalue weighted by Gasteiger charge is -2.14. The van der Waals surface area contributed by atoms with Gasteiger partial charge < -0.3 is 20.5 Å². The molecule has 1 amide bonds. The van der Waals surface area contributed by atoms with E-state index < -0.39 is 6.09 Å². The number of alkyl carbamates (subject to hydrolysis) is 1. The fraction of sp³-hybridized carbons (Fsp3) is 0.200. The molecule has 3 aromatic rings. The maximum Gasteiger partial charge on any atom is 0.407 e. The minimum absolute atomic E-state index is 0.0430. The number of carbonyl (C=O) groups excluding carboxylic acids is 1. The van der Waals surface area contributed by atoms with Crippen molar-refractivity contribution in [3.63, 3.8) is 0 Å². The van der Waals surface area contributed by atoms with E-state index >= 15 is 0 Å². The van der Waals surface area contributed by atoms with Crippen molar-refractivity contribution >= 4 is 11.8 Å². The Balaban J connectivity index is 1.30. The first kappa shape index (κ1) is 20.3. The van der Waals surface area contributed by atoms with Gasteiger partial charge in [-0.05, 0) is 28.3 Å². The van der Waals surface area contributed by atoms with Crippen LogP contribution in [-0.2, 0) is 4.74 Å². The van der Waals surface area contributed by atoms with E-state index in [0.717, 1.165) is 0 Å². The molecule has 4 rings (SSSR count). The summed E-state index contributed by atoms with van der Waals surface area (Å²) in [5.74, 6) is 6.42. The zero-order valence-electron chi connectivity index (χ0n) is 17.2. The average molecular weight is 413 g/mol. The van der Waals surface area contributed by atoms with Gasteiger partial charge in [0, 0.05) is 18.9 Å². The Morgan fingerprint density at radius 2 is 1.81 bits per heavy atom. The van der Waals surface area contributed by atoms with Crippen LogP contribution in [0.5, 0.6) is 5.88 Å². The van der Waals surface area contributed by atoms with Crippen LogP contribution >= 0.6 is 0 Å². The summed E-state index contributed by atoms with van der Waals surface area (Å²) < 4.78 is 10.7. The second kappa shape index (κ2) is 9.23. The van der Waals surface area contributed by atoms with E-state index in [9.17, 15) is 4.79 Å². The molecule has 0 atom stereocenters. The van der Waals surface area contributed by atoms with Crippen LogP contribution in [0.4, 0.5) is 10.5 Å². The number of pyridine rings is 1. The van der Waals surface area contributed by atoms with Crippen LogP contribution in [0.15, 0.2) is 60.8 Å². The number of anilines is 1. The van der Waals surface area contributed by atoms with Gasteiger partial charge in [0.05, 0.1) is 24.6 Å². The first-order valence-electron chi connectivity index (χ1n) is 10.0. The summed E-state index contributed by atoms with van der Waals surface area (Å²) in [6, 6.07) is 18.2. The molecular formula is C25H23N3O3. The van der Waals surface area contributed by atoms with Gasteiger partial charge >= 0.3 is 6.09 Å². The van der Waals surface area contributed by atoms with Crippen molar-refractivity contribution in [2.75, 3.05) is 26.0 Å². The van der Waals surface area contributed by atoms with Crippen LogP contribution in [0.3, 0.4) is 0 Å². The van der Waals surface area contributed by atoms with Gasteiger partial charge in [-0.2, -0.15) is 0 Å². The lowest BCUT2D eigenvalue weighted by Crippen LogP contribution is -2.26. The summed E-state index contributed by atoms with van der Waals surface area (Å²) in [7, 11) is 1.53. The van der Waals surface area contributed by atoms with Crippen LogP contribution in [0.2, 0.25) is 0 Å². The third kappa shape index (κ3) is 4.46. The Morgan fingerprint density at radius 3 is 2.48 bits per heavy atom. The van der Waals surface area contributed by atoms with Gasteiger partial charge in [0.15, 0.2) is 0 Å². The molecule has 156 valence electrons. The number of nitrogens with two attached hydrogens (primary N) is 1. The third-order valence-electron chi connectivity index (χ3n) is 5.15. The Bertz CT molecular complexity index is 1120. The van der Waals surface area contributed by atoms with E-state index in [1.165, 1.54) is 35.6 Å². The summed E-state index contributed by atoms with van der Waals surface area (Å²) in [6.07, 6.45) is 1.53. The molecule has 0 unspecified atom stereocenters. The largest absolute Gasteiger partial charge is 0.480 e. The number of rotatable bonds is 5. The summed E-state index contributed by atoms with van der Waals surface area (Å²) in [6.45, 7) is 0.666. The number of amides is 1. The normalized spacial score (nSPS) is 11.6. The minimum Gasteiger partial charge on any atom is -0.480 e. The van der Waals surface area contributed by atoms with E-state index in [2.05, 4.69) is 46.4 Å². The zero-order valence-corrected chi connectivity index (χ0v) is 17.2. The highest BCUT2D eigenvalue weighted by Crippen LogP contribution is 2.44. The van der Waals surface area contributed by atoms with Gasteiger partial charge in [-0.1, -0.05) is 60.4 Å². The third-order valence-corrected chi connectivity index (χ3v) is 5.15. The van der Waals surface area contributed by atoms with Crippen LogP contribution < -0.4 is 15.8 Å². The first-order valence-corrected chi connectivity index (χ1v) is 10.0. The number of carbonyl (C=O) groups is 1. The number of hydrogen-bond acceptors (Lipinski definition) is 5. The van der Waals surface area contributed by atoms with E-state index in [0.29, 0.717) is 30.1 Å². The van der Waals surface area contributed by atoms with Crippen molar-refractivity contribution in [2.24, 2.45) is 0 Å². The van der Waals surface area contributed by atoms with Gasteiger partial charge in [0.1, 0.15) is 6.61 Å². The number of nitrogen functional groups attached to an aromatic ring is 1. The van der Waals surface area contributed by atoms with Crippen molar-refractivity contribution in [3.8, 4) is 28.8 Å². The molecule has 1 aliphatic rings. The molecule has 0 aliphatic heterocycles. The molecule has 1 heterocycles. The quantitative estimate of drug-likeness (QED) is 0.489. The van der Waals surface area contributed by atoms with Crippen molar-refractivity contribution in [3.05, 3.63) is 77.5 Å². The van der Waals surface area contributed by atoms with Crippen LogP contribution in [0.25, 0.3) is 11.1 Å². The molecule has 0 fully saturated rings. The number of hydrogen-bond donors (Lipinski definition) is 2. The standard InChI is InChI=1S/C25H23N3O3/c1-30-24-17(14-18(26)15-28-24)8-6-7-13-27-25(29)31-16-23-21-11-4-2-9-19(21)20-10-3-5-12-22(20)23/h2-5,9-12,14-15,23H,7,13,16,26H2,1H3,(H,27,29). The van der Waals surface area contributed by atoms with Crippen LogP contribution in [0.1, 0.15) is 29.0 Å². The first-order chi connectivity index (χ1) is 15.2. The predicted molar refractivity (Wildman–Crippen MR) is 120 cm³/mol. The molecule has 0 bridgehead atoms. The lowest BCUT2D eigenvalue weighted by molar-refractivity contribution is 0.143. The molecule has 1 aromatic heterocycles. The highest BCUT2D eigenvalue weighted by atomic mass is 16.5. The molecular weight excluding hydrogens is 390 g/mol. The summed E-state index contributed by atoms with van der Waals surface area (Å²) in [5, 5.41) is 2.75. The lowest BCUT2D eigenvalue weighted by atomic mass is 9.98. The van der Waals surface area contributed by atoms with Gasteiger partial charge in [-0.15, -0.1) is 0 Å². The Hall–Kier alpha value is -3.98. The number of benzene rings is 2. The maximum atomic E-state index is 12.2. The SMILES string of the molecule is COc1ncc(N)cc1C#CCCNC(=O)OCC1c2ccccc2-c2ccccc21. The average Bonchev–Trinajstić information content (AvgIpc) is 3.11. The molecule has 6 heteroatoms. The number of ether oxygens (including phenoxy) is 2. The van der Waals surface area contributed by atoms with Crippen molar-refractivity contribution in [1.82, 2.24) is 10.3 Å². The number of nitrogens with zero attached hydrogens (tertiary/aromatic N) is 1. The number of methoxy groups -OCH3 is 1. The number of fused-ring (bicyclic) bond motifs is 3. The molecule has 1 aliphatic carbocycles. The predicted octanol–water partition coefficient (Wildman–Crippen LogP) is 3.95. The smallest absolute Gasteiger partial charge is 0.407 e. The van der Waals surface area contributed by atoms with Crippen molar-refractivity contribution in [2.45, 2.75) is 12.3 Å². The Labute approximate surface area is 181 Å². The second-order valence-corrected chi connectivity index (χ2v) is 7.13. The van der Waals surface area contributed by atoms with Gasteiger partial charge in [-0.3, -0.25) is 0 Å². The van der Waals surface area contributed by atoms with Gasteiger partial charge in [0.2, 0.25) is 5.88 Å². The van der Waals surface area contributed by atoms with Crippen molar-refractivity contribution in [1.29, 1.82) is 0 Å². The van der Waals surface area contributed by atoms with E-state index in [1.807, 2.05) is 24.3 Å². The minimum atomic E-state index is -0.452. The fourth-order valence-electron chi connectivity index (χ4n) is 3.75. The molecule has 0 saturated carbocycles. The summed E-state index contributed by atoms with van der Waals surface area (Å²) in [5.41, 5.74) is 11.6. The van der Waals surface area contributed by atoms with Gasteiger partial charge in [0.25, 0.3) is 0 Å². The fourth-order valence-corrected chi connectivity index (χ4v) is 3.75. The van der Waals surface area contributed by atoms with Gasteiger partial charge in [-0.25, -0.2) is 9.78 Å². The second-order valence-electron chi connectivity index (χ2n) is 7.13. The van der Waals surface area contributed by atoms with Crippen LogP contribution in [-0.4, -0.2) is 31.3 Å². The molecule has 2 aromatic carbocycles. The molecule has 0 spiro atoms. The van der Waals surface area contributed by atoms with E-state index in [-0.39, 0.29) is 12.5 Å². The monoisotopic (exact) mass is 413 g/mol. The highest BCUT2D eigenvalue weighted by Gasteiger charge is 2.28. The molecule has 0 saturated heterocycles.